The number of aromatic amines is 1. The molecule has 0 aliphatic rings. The van der Waals surface area contributed by atoms with Crippen LogP contribution in [0.25, 0.3) is 0 Å². The number of hydrogen-bond acceptors (Lipinski definition) is 8. The van der Waals surface area contributed by atoms with Gasteiger partial charge >= 0.3 is 0 Å². The highest BCUT2D eigenvalue weighted by atomic mass is 32.2. The number of nitrogen functional groups attached to an aromatic ring is 1. The smallest absolute Gasteiger partial charge is 0.184 e. The maximum absolute atomic E-state index is 11.9. The average Bonchev–Trinajstić information content (AvgIpc) is 3.00. The van der Waals surface area contributed by atoms with Gasteiger partial charge in [0, 0.05) is 13.0 Å². The number of nitrogens with zero attached hydrogens (tertiary/aromatic N) is 3. The van der Waals surface area contributed by atoms with Crippen LogP contribution in [0.1, 0.15) is 12.7 Å². The Labute approximate surface area is 114 Å². The lowest BCUT2D eigenvalue weighted by molar-refractivity contribution is 0.598. The molecule has 0 fully saturated rings. The first-order chi connectivity index (χ1) is 9.04. The first-order valence-corrected chi connectivity index (χ1v) is 8.03. The standard InChI is InChI=1S/C9H14N6O2S2/c1-2-19(16,17)7-8(10)15-18-9(7)11-4-3-6-12-5-13-14-6/h5,11H,2-4H2,1H3,(H2,10,15)(H,12,13,14). The molecule has 0 spiro atoms. The summed E-state index contributed by atoms with van der Waals surface area (Å²) in [6, 6.07) is 0. The van der Waals surface area contributed by atoms with Crippen molar-refractivity contribution < 1.29 is 8.42 Å². The fourth-order valence-electron chi connectivity index (χ4n) is 1.50. The van der Waals surface area contributed by atoms with Crippen molar-refractivity contribution in [2.24, 2.45) is 0 Å². The first kappa shape index (κ1) is 13.7. The molecule has 10 heteroatoms. The number of nitrogens with two attached hydrogens (primary N) is 1. The summed E-state index contributed by atoms with van der Waals surface area (Å²) in [5.41, 5.74) is 5.62. The Morgan fingerprint density at radius 2 is 2.32 bits per heavy atom. The molecule has 0 unspecified atom stereocenters. The van der Waals surface area contributed by atoms with Gasteiger partial charge in [-0.3, -0.25) is 5.10 Å². The van der Waals surface area contributed by atoms with E-state index in [1.165, 1.54) is 6.33 Å². The van der Waals surface area contributed by atoms with Crippen molar-refractivity contribution in [2.75, 3.05) is 23.3 Å². The second-order valence-electron chi connectivity index (χ2n) is 3.74. The third kappa shape index (κ3) is 3.01. The molecule has 0 aliphatic heterocycles. The Bertz CT molecular complexity index is 634. The molecule has 2 rings (SSSR count). The van der Waals surface area contributed by atoms with Crippen LogP contribution in [-0.4, -0.2) is 40.3 Å². The zero-order valence-electron chi connectivity index (χ0n) is 10.3. The van der Waals surface area contributed by atoms with Gasteiger partial charge in [0.2, 0.25) is 0 Å². The van der Waals surface area contributed by atoms with Crippen molar-refractivity contribution in [1.82, 2.24) is 19.6 Å². The maximum atomic E-state index is 11.9. The normalized spacial score (nSPS) is 11.6. The monoisotopic (exact) mass is 302 g/mol. The van der Waals surface area contributed by atoms with Gasteiger partial charge in [0.25, 0.3) is 0 Å². The summed E-state index contributed by atoms with van der Waals surface area (Å²) in [6.07, 6.45) is 2.02. The van der Waals surface area contributed by atoms with Crippen LogP contribution in [0.2, 0.25) is 0 Å². The van der Waals surface area contributed by atoms with Crippen LogP contribution in [0.3, 0.4) is 0 Å². The molecule has 0 radical (unpaired) electrons. The quantitative estimate of drug-likeness (QED) is 0.700. The molecule has 0 bridgehead atoms. The Hall–Kier alpha value is -1.68. The SMILES string of the molecule is CCS(=O)(=O)c1c(N)nsc1NCCc1ncn[nH]1. The number of H-pyrrole nitrogens is 1. The van der Waals surface area contributed by atoms with Crippen LogP contribution in [0.15, 0.2) is 11.2 Å². The number of sulfone groups is 1. The van der Waals surface area contributed by atoms with Gasteiger partial charge in [0.1, 0.15) is 22.0 Å². The fraction of sp³-hybridized carbons (Fsp3) is 0.444. The molecular formula is C9H14N6O2S2. The first-order valence-electron chi connectivity index (χ1n) is 5.60. The van der Waals surface area contributed by atoms with E-state index in [1.54, 1.807) is 6.92 Å². The molecule has 0 aliphatic carbocycles. The van der Waals surface area contributed by atoms with Gasteiger partial charge in [-0.25, -0.2) is 13.4 Å². The molecule has 2 aromatic heterocycles. The molecule has 0 saturated heterocycles. The minimum atomic E-state index is -3.38. The summed E-state index contributed by atoms with van der Waals surface area (Å²) in [4.78, 5) is 4.07. The van der Waals surface area contributed by atoms with Crippen LogP contribution in [0.5, 0.6) is 0 Å². The van der Waals surface area contributed by atoms with Gasteiger partial charge in [0.05, 0.1) is 5.75 Å². The maximum Gasteiger partial charge on any atom is 0.184 e. The molecule has 0 saturated carbocycles. The largest absolute Gasteiger partial charge is 0.382 e. The minimum Gasteiger partial charge on any atom is -0.382 e. The van der Waals surface area contributed by atoms with Gasteiger partial charge in [-0.05, 0) is 11.5 Å². The molecule has 19 heavy (non-hydrogen) atoms. The number of rotatable bonds is 6. The van der Waals surface area contributed by atoms with Gasteiger partial charge in [0.15, 0.2) is 15.7 Å². The highest BCUT2D eigenvalue weighted by Crippen LogP contribution is 2.32. The Balaban J connectivity index is 2.09. The van der Waals surface area contributed by atoms with E-state index in [9.17, 15) is 8.42 Å². The van der Waals surface area contributed by atoms with Crippen LogP contribution in [-0.2, 0) is 16.3 Å². The zero-order valence-corrected chi connectivity index (χ0v) is 11.9. The van der Waals surface area contributed by atoms with Crippen molar-refractivity contribution >= 4 is 32.2 Å². The van der Waals surface area contributed by atoms with E-state index in [1.807, 2.05) is 0 Å². The van der Waals surface area contributed by atoms with Crippen LogP contribution in [0.4, 0.5) is 10.8 Å². The average molecular weight is 302 g/mol. The summed E-state index contributed by atoms with van der Waals surface area (Å²) in [7, 11) is -3.38. The van der Waals surface area contributed by atoms with Gasteiger partial charge in [-0.15, -0.1) is 0 Å². The lowest BCUT2D eigenvalue weighted by Gasteiger charge is -2.05. The zero-order chi connectivity index (χ0) is 13.9. The number of hydrogen-bond donors (Lipinski definition) is 3. The van der Waals surface area contributed by atoms with Crippen LogP contribution in [0, 0.1) is 0 Å². The van der Waals surface area contributed by atoms with Gasteiger partial charge < -0.3 is 11.1 Å². The predicted octanol–water partition coefficient (Wildman–Crippen LogP) is 0.292. The van der Waals surface area contributed by atoms with Gasteiger partial charge in [-0.1, -0.05) is 6.92 Å². The van der Waals surface area contributed by atoms with E-state index in [0.717, 1.165) is 17.4 Å². The van der Waals surface area contributed by atoms with Crippen molar-refractivity contribution in [2.45, 2.75) is 18.2 Å². The third-order valence-electron chi connectivity index (χ3n) is 2.48. The molecular weight excluding hydrogens is 288 g/mol. The molecule has 2 heterocycles. The molecule has 0 amide bonds. The number of anilines is 2. The summed E-state index contributed by atoms with van der Waals surface area (Å²) in [5, 5.41) is 9.95. The molecule has 0 atom stereocenters. The van der Waals surface area contributed by atoms with Crippen molar-refractivity contribution in [3.05, 3.63) is 12.2 Å². The van der Waals surface area contributed by atoms with Crippen LogP contribution >= 0.6 is 11.5 Å². The lowest BCUT2D eigenvalue weighted by Crippen LogP contribution is -2.11. The topological polar surface area (TPSA) is 127 Å². The second kappa shape index (κ2) is 5.53. The molecule has 104 valence electrons. The molecule has 2 aromatic rings. The van der Waals surface area contributed by atoms with E-state index in [0.29, 0.717) is 18.0 Å². The van der Waals surface area contributed by atoms with E-state index >= 15 is 0 Å². The lowest BCUT2D eigenvalue weighted by atomic mass is 10.4. The van der Waals surface area contributed by atoms with E-state index in [2.05, 4.69) is 24.9 Å². The minimum absolute atomic E-state index is 0.00754. The summed E-state index contributed by atoms with van der Waals surface area (Å²) >= 11 is 1.04. The van der Waals surface area contributed by atoms with E-state index < -0.39 is 9.84 Å². The number of nitrogens with one attached hydrogen (secondary N) is 2. The second-order valence-corrected chi connectivity index (χ2v) is 6.73. The third-order valence-corrected chi connectivity index (χ3v) is 5.22. The Kier molecular flexibility index (Phi) is 4.00. The fourth-order valence-corrected chi connectivity index (χ4v) is 3.69. The van der Waals surface area contributed by atoms with Crippen molar-refractivity contribution in [1.29, 1.82) is 0 Å². The van der Waals surface area contributed by atoms with Gasteiger partial charge in [-0.2, -0.15) is 9.47 Å². The summed E-state index contributed by atoms with van der Waals surface area (Å²) in [5.74, 6) is 0.769. The van der Waals surface area contributed by atoms with Crippen molar-refractivity contribution in [3.8, 4) is 0 Å². The van der Waals surface area contributed by atoms with Crippen LogP contribution < -0.4 is 11.1 Å². The van der Waals surface area contributed by atoms with Crippen molar-refractivity contribution in [3.63, 3.8) is 0 Å². The Morgan fingerprint density at radius 1 is 1.53 bits per heavy atom. The van der Waals surface area contributed by atoms with E-state index in [4.69, 9.17) is 5.73 Å². The summed E-state index contributed by atoms with van der Waals surface area (Å²) < 4.78 is 27.7. The molecule has 4 N–H and O–H groups in total. The summed E-state index contributed by atoms with van der Waals surface area (Å²) in [6.45, 7) is 2.09. The predicted molar refractivity (Wildman–Crippen MR) is 72.8 cm³/mol. The molecule has 0 aromatic carbocycles. The van der Waals surface area contributed by atoms with E-state index in [-0.39, 0.29) is 16.5 Å². The highest BCUT2D eigenvalue weighted by Gasteiger charge is 2.23. The highest BCUT2D eigenvalue weighted by molar-refractivity contribution is 7.91. The number of aromatic nitrogens is 4. The molecule has 8 nitrogen and oxygen atoms in total. The Morgan fingerprint density at radius 3 is 2.95 bits per heavy atom.